The molecule has 2 aliphatic heterocycles. The van der Waals surface area contributed by atoms with Gasteiger partial charge in [-0.3, -0.25) is 9.59 Å². The van der Waals surface area contributed by atoms with Crippen molar-refractivity contribution in [3.63, 3.8) is 0 Å². The van der Waals surface area contributed by atoms with E-state index in [4.69, 9.17) is 23.7 Å². The van der Waals surface area contributed by atoms with Crippen molar-refractivity contribution in [1.29, 1.82) is 0 Å². The fourth-order valence-corrected chi connectivity index (χ4v) is 3.16. The van der Waals surface area contributed by atoms with Crippen LogP contribution in [0.5, 0.6) is 11.5 Å². The Morgan fingerprint density at radius 1 is 1.19 bits per heavy atom. The molecule has 27 heavy (non-hydrogen) atoms. The number of nitrogens with zero attached hydrogens (tertiary/aromatic N) is 2. The van der Waals surface area contributed by atoms with E-state index >= 15 is 0 Å². The first-order valence-corrected chi connectivity index (χ1v) is 8.58. The van der Waals surface area contributed by atoms with Gasteiger partial charge < -0.3 is 28.6 Å². The molecule has 2 aliphatic rings. The molecule has 0 unspecified atom stereocenters. The third kappa shape index (κ3) is 3.59. The van der Waals surface area contributed by atoms with Gasteiger partial charge in [-0.05, 0) is 18.2 Å². The predicted octanol–water partition coefficient (Wildman–Crippen LogP) is 1.43. The normalized spacial score (nSPS) is 19.0. The number of carbonyl (C=O) groups excluding carboxylic acids is 1. The number of morpholine rings is 1. The Labute approximate surface area is 154 Å². The van der Waals surface area contributed by atoms with Gasteiger partial charge in [0.1, 0.15) is 13.2 Å². The molecule has 1 amide bonds. The standard InChI is InChI=1S/C18H18N2O7/c21-15(22)8-12-9-20(3-4-24-12)18(23)16-17(27-10-19-16)11-1-2-13-14(7-11)26-6-5-25-13/h1-2,7,10,12H,3-6,8-9H2,(H,21,22)/t12-/m0/s1. The van der Waals surface area contributed by atoms with Crippen molar-refractivity contribution in [2.24, 2.45) is 0 Å². The van der Waals surface area contributed by atoms with Crippen LogP contribution in [0, 0.1) is 0 Å². The number of aliphatic carboxylic acids is 1. The van der Waals surface area contributed by atoms with Crippen molar-refractivity contribution < 1.29 is 33.3 Å². The molecule has 1 saturated heterocycles. The van der Waals surface area contributed by atoms with Crippen LogP contribution in [0.25, 0.3) is 11.3 Å². The second kappa shape index (κ2) is 7.28. The SMILES string of the molecule is O=C(O)C[C@H]1CN(C(=O)c2ncoc2-c2ccc3c(c2)OCCO3)CCO1. The lowest BCUT2D eigenvalue weighted by atomic mass is 10.1. The van der Waals surface area contributed by atoms with E-state index in [2.05, 4.69) is 4.98 Å². The van der Waals surface area contributed by atoms with Crippen LogP contribution in [-0.2, 0) is 9.53 Å². The molecule has 2 aromatic rings. The van der Waals surface area contributed by atoms with Crippen LogP contribution < -0.4 is 9.47 Å². The van der Waals surface area contributed by atoms with Gasteiger partial charge in [-0.1, -0.05) is 0 Å². The number of fused-ring (bicyclic) bond motifs is 1. The van der Waals surface area contributed by atoms with E-state index in [0.29, 0.717) is 42.6 Å². The van der Waals surface area contributed by atoms with Crippen LogP contribution in [0.1, 0.15) is 16.9 Å². The molecule has 4 rings (SSSR count). The van der Waals surface area contributed by atoms with E-state index in [-0.39, 0.29) is 31.2 Å². The van der Waals surface area contributed by atoms with Crippen molar-refractivity contribution >= 4 is 11.9 Å². The highest BCUT2D eigenvalue weighted by molar-refractivity contribution is 5.97. The summed E-state index contributed by atoms with van der Waals surface area (Å²) in [6.45, 7) is 1.78. The zero-order valence-corrected chi connectivity index (χ0v) is 14.4. The Morgan fingerprint density at radius 2 is 2.00 bits per heavy atom. The number of aromatic nitrogens is 1. The maximum atomic E-state index is 12.9. The average Bonchev–Trinajstić information content (AvgIpc) is 3.16. The number of benzene rings is 1. The van der Waals surface area contributed by atoms with Crippen LogP contribution in [-0.4, -0.2) is 65.9 Å². The van der Waals surface area contributed by atoms with E-state index in [0.717, 1.165) is 0 Å². The highest BCUT2D eigenvalue weighted by Gasteiger charge is 2.30. The zero-order valence-electron chi connectivity index (χ0n) is 14.4. The van der Waals surface area contributed by atoms with Crippen molar-refractivity contribution in [3.8, 4) is 22.8 Å². The summed E-state index contributed by atoms with van der Waals surface area (Å²) in [5.41, 5.74) is 0.818. The van der Waals surface area contributed by atoms with E-state index in [1.165, 1.54) is 11.3 Å². The first-order valence-electron chi connectivity index (χ1n) is 8.58. The molecular formula is C18H18N2O7. The van der Waals surface area contributed by atoms with E-state index in [1.54, 1.807) is 18.2 Å². The molecule has 1 fully saturated rings. The smallest absolute Gasteiger partial charge is 0.306 e. The first-order chi connectivity index (χ1) is 13.1. The van der Waals surface area contributed by atoms with Gasteiger partial charge in [0.05, 0.1) is 19.1 Å². The number of rotatable bonds is 4. The van der Waals surface area contributed by atoms with Crippen molar-refractivity contribution in [2.45, 2.75) is 12.5 Å². The van der Waals surface area contributed by atoms with E-state index in [1.807, 2.05) is 0 Å². The molecule has 1 atom stereocenters. The Bertz CT molecular complexity index is 863. The average molecular weight is 374 g/mol. The highest BCUT2D eigenvalue weighted by Crippen LogP contribution is 2.35. The number of hydrogen-bond donors (Lipinski definition) is 1. The molecule has 1 N–H and O–H groups in total. The monoisotopic (exact) mass is 374 g/mol. The molecule has 142 valence electrons. The summed E-state index contributed by atoms with van der Waals surface area (Å²) in [4.78, 5) is 29.4. The number of carboxylic acids is 1. The fraction of sp³-hybridized carbons (Fsp3) is 0.389. The molecule has 1 aromatic heterocycles. The largest absolute Gasteiger partial charge is 0.486 e. The van der Waals surface area contributed by atoms with Crippen LogP contribution in [0.15, 0.2) is 29.0 Å². The maximum Gasteiger partial charge on any atom is 0.306 e. The number of hydrogen-bond acceptors (Lipinski definition) is 7. The van der Waals surface area contributed by atoms with Gasteiger partial charge in [0.2, 0.25) is 0 Å². The molecule has 9 heteroatoms. The van der Waals surface area contributed by atoms with Crippen LogP contribution >= 0.6 is 0 Å². The molecule has 0 radical (unpaired) electrons. The second-order valence-corrected chi connectivity index (χ2v) is 6.23. The topological polar surface area (TPSA) is 111 Å². The van der Waals surface area contributed by atoms with Gasteiger partial charge in [-0.25, -0.2) is 4.98 Å². The third-order valence-corrected chi connectivity index (χ3v) is 4.40. The molecular weight excluding hydrogens is 356 g/mol. The second-order valence-electron chi connectivity index (χ2n) is 6.23. The number of carboxylic acid groups (broad SMARTS) is 1. The maximum absolute atomic E-state index is 12.9. The molecule has 0 saturated carbocycles. The molecule has 9 nitrogen and oxygen atoms in total. The minimum absolute atomic E-state index is 0.155. The summed E-state index contributed by atoms with van der Waals surface area (Å²) >= 11 is 0. The van der Waals surface area contributed by atoms with Gasteiger partial charge in [0.25, 0.3) is 5.91 Å². The minimum Gasteiger partial charge on any atom is -0.486 e. The lowest BCUT2D eigenvalue weighted by molar-refractivity contribution is -0.141. The third-order valence-electron chi connectivity index (χ3n) is 4.40. The highest BCUT2D eigenvalue weighted by atomic mass is 16.6. The van der Waals surface area contributed by atoms with Gasteiger partial charge in [-0.2, -0.15) is 0 Å². The van der Waals surface area contributed by atoms with E-state index in [9.17, 15) is 9.59 Å². The van der Waals surface area contributed by atoms with Crippen LogP contribution in [0.3, 0.4) is 0 Å². The summed E-state index contributed by atoms with van der Waals surface area (Å²) < 4.78 is 22.0. The van der Waals surface area contributed by atoms with Gasteiger partial charge in [0.15, 0.2) is 29.3 Å². The number of oxazole rings is 1. The molecule has 3 heterocycles. The summed E-state index contributed by atoms with van der Waals surface area (Å²) in [5.74, 6) is 0.266. The van der Waals surface area contributed by atoms with Crippen molar-refractivity contribution in [1.82, 2.24) is 9.88 Å². The van der Waals surface area contributed by atoms with Crippen molar-refractivity contribution in [2.75, 3.05) is 32.9 Å². The van der Waals surface area contributed by atoms with Crippen LogP contribution in [0.4, 0.5) is 0 Å². The zero-order chi connectivity index (χ0) is 18.8. The molecule has 0 spiro atoms. The quantitative estimate of drug-likeness (QED) is 0.855. The van der Waals surface area contributed by atoms with Crippen molar-refractivity contribution in [3.05, 3.63) is 30.3 Å². The number of ether oxygens (including phenoxy) is 3. The molecule has 0 aliphatic carbocycles. The number of amides is 1. The summed E-state index contributed by atoms with van der Waals surface area (Å²) in [5, 5.41) is 8.93. The Morgan fingerprint density at radius 3 is 2.81 bits per heavy atom. The summed E-state index contributed by atoms with van der Waals surface area (Å²) in [6, 6.07) is 5.29. The first kappa shape index (κ1) is 17.3. The molecule has 0 bridgehead atoms. The summed E-state index contributed by atoms with van der Waals surface area (Å²) in [7, 11) is 0. The van der Waals surface area contributed by atoms with Crippen LogP contribution in [0.2, 0.25) is 0 Å². The molecule has 1 aromatic carbocycles. The van der Waals surface area contributed by atoms with E-state index < -0.39 is 12.1 Å². The predicted molar refractivity (Wildman–Crippen MR) is 90.8 cm³/mol. The Balaban J connectivity index is 1.56. The minimum atomic E-state index is -0.965. The Kier molecular flexibility index (Phi) is 4.68. The summed E-state index contributed by atoms with van der Waals surface area (Å²) in [6.07, 6.45) is 0.524. The van der Waals surface area contributed by atoms with Gasteiger partial charge >= 0.3 is 5.97 Å². The van der Waals surface area contributed by atoms with Gasteiger partial charge in [-0.15, -0.1) is 0 Å². The number of carbonyl (C=O) groups is 2. The fourth-order valence-electron chi connectivity index (χ4n) is 3.16. The Hall–Kier alpha value is -3.07. The lowest BCUT2D eigenvalue weighted by Gasteiger charge is -2.31. The lowest BCUT2D eigenvalue weighted by Crippen LogP contribution is -2.46. The van der Waals surface area contributed by atoms with Gasteiger partial charge in [0, 0.05) is 18.7 Å².